The van der Waals surface area contributed by atoms with E-state index >= 15 is 0 Å². The molecule has 208 valence electrons. The lowest BCUT2D eigenvalue weighted by atomic mass is 9.78. The number of rotatable bonds is 7. The largest absolute Gasteiger partial charge is 0.381 e. The Kier molecular flexibility index (Phi) is 5.65. The maximum atomic E-state index is 13.6. The van der Waals surface area contributed by atoms with Gasteiger partial charge in [0.15, 0.2) is 9.84 Å². The number of carbonyl (C=O) groups excluding carboxylic acids is 2. The number of benzene rings is 1. The molecule has 11 heteroatoms. The first-order valence-electron chi connectivity index (χ1n) is 14.0. The van der Waals surface area contributed by atoms with Crippen molar-refractivity contribution in [3.63, 3.8) is 0 Å². The van der Waals surface area contributed by atoms with Crippen LogP contribution >= 0.6 is 0 Å². The molecule has 1 saturated carbocycles. The predicted octanol–water partition coefficient (Wildman–Crippen LogP) is 2.02. The maximum Gasteiger partial charge on any atom is 0.257 e. The van der Waals surface area contributed by atoms with Gasteiger partial charge in [-0.3, -0.25) is 9.59 Å². The van der Waals surface area contributed by atoms with Gasteiger partial charge >= 0.3 is 0 Å². The Hall–Kier alpha value is -2.92. The molecule has 3 aliphatic heterocycles. The summed E-state index contributed by atoms with van der Waals surface area (Å²) in [7, 11) is -3.51. The fraction of sp³-hybridized carbons (Fsp3) is 0.607. The molecule has 2 aliphatic carbocycles. The number of fused-ring (bicyclic) bond motifs is 3. The van der Waals surface area contributed by atoms with Crippen molar-refractivity contribution >= 4 is 33.2 Å². The van der Waals surface area contributed by atoms with Crippen LogP contribution in [0.5, 0.6) is 0 Å². The highest BCUT2D eigenvalue weighted by molar-refractivity contribution is 7.91. The number of anilines is 2. The Labute approximate surface area is 228 Å². The fourth-order valence-corrected chi connectivity index (χ4v) is 7.53. The molecular formula is C28H35N5O5S. The Balaban J connectivity index is 1.16. The first kappa shape index (κ1) is 25.1. The minimum atomic E-state index is -3.51. The summed E-state index contributed by atoms with van der Waals surface area (Å²) in [5, 5.41) is 10.8. The number of carbonyl (C=O) groups is 2. The molecule has 1 aromatic carbocycles. The summed E-state index contributed by atoms with van der Waals surface area (Å²) in [5.41, 5.74) is 4.43. The van der Waals surface area contributed by atoms with E-state index in [1.165, 1.54) is 24.1 Å². The fourth-order valence-electron chi connectivity index (χ4n) is 6.98. The number of nitrogens with one attached hydrogen (secondary N) is 2. The molecule has 2 amide bonds. The number of nitrogens with zero attached hydrogens (tertiary/aromatic N) is 3. The van der Waals surface area contributed by atoms with E-state index in [1.807, 2.05) is 0 Å². The van der Waals surface area contributed by atoms with E-state index in [1.54, 1.807) is 4.68 Å². The molecule has 2 saturated heterocycles. The highest BCUT2D eigenvalue weighted by Gasteiger charge is 2.48. The molecule has 5 aliphatic rings. The average molecular weight is 554 g/mol. The number of ether oxygens (including phenoxy) is 1. The van der Waals surface area contributed by atoms with Gasteiger partial charge in [0.1, 0.15) is 17.1 Å². The smallest absolute Gasteiger partial charge is 0.257 e. The van der Waals surface area contributed by atoms with E-state index in [0.29, 0.717) is 41.4 Å². The van der Waals surface area contributed by atoms with Gasteiger partial charge in [0.05, 0.1) is 17.8 Å². The minimum Gasteiger partial charge on any atom is -0.381 e. The molecule has 2 N–H and O–H groups in total. The number of sulfone groups is 1. The van der Waals surface area contributed by atoms with Crippen molar-refractivity contribution in [2.75, 3.05) is 48.5 Å². The number of amides is 2. The van der Waals surface area contributed by atoms with Crippen molar-refractivity contribution in [2.24, 2.45) is 11.3 Å². The molecule has 39 heavy (non-hydrogen) atoms. The standard InChI is InChI=1S/C28H35N5O5S/c1-39(36,37)14-23(34)29-25-24-22(31-33(25)10-7-18-2-3-18)13-28(30-26(24)35)8-6-19-12-20(4-5-21(19)28)32-15-27(16-32)9-11-38-17-27/h4-5,12,18H,2-3,6-11,13-17H2,1H3,(H,29,34)(H,30,35)/t28-/m1/s1. The van der Waals surface area contributed by atoms with Crippen molar-refractivity contribution < 1.29 is 22.7 Å². The zero-order valence-corrected chi connectivity index (χ0v) is 23.1. The van der Waals surface area contributed by atoms with Crippen molar-refractivity contribution in [1.82, 2.24) is 15.1 Å². The summed E-state index contributed by atoms with van der Waals surface area (Å²) in [5.74, 6) is -0.614. The highest BCUT2D eigenvalue weighted by Crippen LogP contribution is 2.46. The summed E-state index contributed by atoms with van der Waals surface area (Å²) in [6.45, 7) is 4.36. The van der Waals surface area contributed by atoms with Crippen molar-refractivity contribution in [1.29, 1.82) is 0 Å². The Morgan fingerprint density at radius 2 is 2.08 bits per heavy atom. The van der Waals surface area contributed by atoms with Gasteiger partial charge in [-0.2, -0.15) is 5.10 Å². The normalized spacial score (nSPS) is 24.9. The molecule has 1 atom stereocenters. The van der Waals surface area contributed by atoms with Crippen LogP contribution in [0.1, 0.15) is 59.3 Å². The van der Waals surface area contributed by atoms with E-state index in [0.717, 1.165) is 63.8 Å². The second kappa shape index (κ2) is 8.79. The lowest BCUT2D eigenvalue weighted by Gasteiger charge is -2.48. The third kappa shape index (κ3) is 4.53. The van der Waals surface area contributed by atoms with Crippen LogP contribution in [0, 0.1) is 11.3 Å². The quantitative estimate of drug-likeness (QED) is 0.538. The van der Waals surface area contributed by atoms with Crippen molar-refractivity contribution in [3.05, 3.63) is 40.6 Å². The molecule has 3 fully saturated rings. The number of hydrogen-bond acceptors (Lipinski definition) is 7. The summed E-state index contributed by atoms with van der Waals surface area (Å²) >= 11 is 0. The monoisotopic (exact) mass is 553 g/mol. The molecule has 0 unspecified atom stereocenters. The third-order valence-corrected chi connectivity index (χ3v) is 9.99. The zero-order valence-electron chi connectivity index (χ0n) is 22.3. The molecule has 10 nitrogen and oxygen atoms in total. The van der Waals surface area contributed by atoms with Gasteiger partial charge in [-0.1, -0.05) is 18.9 Å². The number of hydrogen-bond donors (Lipinski definition) is 2. The van der Waals surface area contributed by atoms with E-state index in [4.69, 9.17) is 9.84 Å². The van der Waals surface area contributed by atoms with E-state index in [9.17, 15) is 18.0 Å². The first-order chi connectivity index (χ1) is 18.6. The van der Waals surface area contributed by atoms with E-state index < -0.39 is 27.0 Å². The third-order valence-electron chi connectivity index (χ3n) is 9.20. The van der Waals surface area contributed by atoms with Gasteiger partial charge in [0.2, 0.25) is 5.91 Å². The zero-order chi connectivity index (χ0) is 27.0. The van der Waals surface area contributed by atoms with Gasteiger partial charge in [-0.15, -0.1) is 0 Å². The van der Waals surface area contributed by atoms with Gasteiger partial charge < -0.3 is 20.3 Å². The van der Waals surface area contributed by atoms with Crippen LogP contribution in [0.4, 0.5) is 11.5 Å². The molecule has 0 bridgehead atoms. The molecule has 4 heterocycles. The molecule has 2 aromatic rings. The topological polar surface area (TPSA) is 123 Å². The Morgan fingerprint density at radius 1 is 1.26 bits per heavy atom. The molecule has 2 spiro atoms. The summed E-state index contributed by atoms with van der Waals surface area (Å²) in [6, 6.07) is 6.61. The van der Waals surface area contributed by atoms with E-state index in [-0.39, 0.29) is 5.91 Å². The van der Waals surface area contributed by atoms with Crippen LogP contribution < -0.4 is 15.5 Å². The van der Waals surface area contributed by atoms with Crippen molar-refractivity contribution in [3.8, 4) is 0 Å². The van der Waals surface area contributed by atoms with Crippen LogP contribution in [-0.2, 0) is 44.3 Å². The van der Waals surface area contributed by atoms with Gasteiger partial charge in [-0.05, 0) is 54.9 Å². The maximum absolute atomic E-state index is 13.6. The number of aryl methyl sites for hydroxylation is 2. The van der Waals surface area contributed by atoms with Crippen LogP contribution in [0.3, 0.4) is 0 Å². The highest BCUT2D eigenvalue weighted by atomic mass is 32.2. The summed E-state index contributed by atoms with van der Waals surface area (Å²) in [4.78, 5) is 28.6. The lowest BCUT2D eigenvalue weighted by Crippen LogP contribution is -2.57. The first-order valence-corrected chi connectivity index (χ1v) is 16.0. The SMILES string of the molecule is CS(=O)(=O)CC(=O)Nc1c2c(nn1CCC1CC1)C[C@@]1(CCc3cc(N4CC5(CCOC5)C4)ccc31)NC2=O. The minimum absolute atomic E-state index is 0.272. The summed E-state index contributed by atoms with van der Waals surface area (Å²) < 4.78 is 30.7. The van der Waals surface area contributed by atoms with E-state index in [2.05, 4.69) is 33.7 Å². The second-order valence-corrected chi connectivity index (χ2v) is 14.6. The second-order valence-electron chi connectivity index (χ2n) is 12.5. The number of aromatic nitrogens is 2. The molecule has 7 rings (SSSR count). The van der Waals surface area contributed by atoms with Crippen molar-refractivity contribution in [2.45, 2.75) is 57.0 Å². The summed E-state index contributed by atoms with van der Waals surface area (Å²) in [6.07, 6.45) is 7.65. The molecular weight excluding hydrogens is 518 g/mol. The van der Waals surface area contributed by atoms with Gasteiger partial charge in [0, 0.05) is 50.0 Å². The molecule has 0 radical (unpaired) electrons. The molecule has 1 aromatic heterocycles. The predicted molar refractivity (Wildman–Crippen MR) is 146 cm³/mol. The van der Waals surface area contributed by atoms with Crippen LogP contribution in [-0.4, -0.2) is 68.3 Å². The van der Waals surface area contributed by atoms with Crippen LogP contribution in [0.15, 0.2) is 18.2 Å². The van der Waals surface area contributed by atoms with Crippen LogP contribution in [0.2, 0.25) is 0 Å². The Morgan fingerprint density at radius 3 is 2.79 bits per heavy atom. The Bertz CT molecular complexity index is 1470. The lowest BCUT2D eigenvalue weighted by molar-refractivity contribution is -0.113. The van der Waals surface area contributed by atoms with Gasteiger partial charge in [0.25, 0.3) is 5.91 Å². The van der Waals surface area contributed by atoms with Crippen LogP contribution in [0.25, 0.3) is 0 Å². The van der Waals surface area contributed by atoms with Gasteiger partial charge in [-0.25, -0.2) is 13.1 Å². The average Bonchev–Trinajstić information content (AvgIpc) is 3.26.